The Bertz CT molecular complexity index is 475. The number of carboxylic acids is 1. The van der Waals surface area contributed by atoms with Crippen molar-refractivity contribution in [2.75, 3.05) is 20.3 Å². The summed E-state index contributed by atoms with van der Waals surface area (Å²) in [6.07, 6.45) is 0.868. The molecule has 0 saturated heterocycles. The van der Waals surface area contributed by atoms with Gasteiger partial charge in [-0.05, 0) is 31.9 Å². The molecule has 0 fully saturated rings. The van der Waals surface area contributed by atoms with Gasteiger partial charge in [0.05, 0.1) is 12.2 Å². The van der Waals surface area contributed by atoms with Crippen molar-refractivity contribution in [1.82, 2.24) is 5.32 Å². The number of nitrogens with one attached hydrogen (secondary N) is 1. The zero-order chi connectivity index (χ0) is 15.7. The number of rotatable bonds is 9. The maximum Gasteiger partial charge on any atom is 0.326 e. The maximum atomic E-state index is 12.2. The first-order valence-electron chi connectivity index (χ1n) is 6.84. The summed E-state index contributed by atoms with van der Waals surface area (Å²) in [6.45, 7) is 2.70. The van der Waals surface area contributed by atoms with Gasteiger partial charge in [-0.3, -0.25) is 4.79 Å². The molecule has 0 radical (unpaired) electrons. The number of para-hydroxylation sites is 1. The summed E-state index contributed by atoms with van der Waals surface area (Å²) in [5.74, 6) is -1.07. The molecule has 1 aromatic rings. The maximum absolute atomic E-state index is 12.2. The minimum Gasteiger partial charge on any atom is -0.493 e. The van der Waals surface area contributed by atoms with E-state index in [-0.39, 0.29) is 0 Å². The van der Waals surface area contributed by atoms with Crippen LogP contribution in [0.25, 0.3) is 0 Å². The van der Waals surface area contributed by atoms with Crippen LogP contribution in [0.3, 0.4) is 0 Å². The Kier molecular flexibility index (Phi) is 7.25. The third-order valence-electron chi connectivity index (χ3n) is 2.88. The van der Waals surface area contributed by atoms with E-state index < -0.39 is 17.9 Å². The van der Waals surface area contributed by atoms with Crippen LogP contribution in [-0.2, 0) is 9.53 Å². The number of hydrogen-bond acceptors (Lipinski definition) is 4. The number of ether oxygens (including phenoxy) is 2. The lowest BCUT2D eigenvalue weighted by Gasteiger charge is -2.16. The van der Waals surface area contributed by atoms with E-state index >= 15 is 0 Å². The second kappa shape index (κ2) is 8.97. The highest BCUT2D eigenvalue weighted by Gasteiger charge is 2.21. The normalized spacial score (nSPS) is 11.7. The standard InChI is InChI=1S/C15H21NO5/c1-3-21-13-9-5-4-7-11(13)14(17)16-12(15(18)19)8-6-10-20-2/h4-5,7,9,12H,3,6,8,10H2,1-2H3,(H,16,17)(H,18,19). The van der Waals surface area contributed by atoms with Gasteiger partial charge in [0.15, 0.2) is 0 Å². The van der Waals surface area contributed by atoms with Crippen LogP contribution in [0.15, 0.2) is 24.3 Å². The fourth-order valence-electron chi connectivity index (χ4n) is 1.86. The number of methoxy groups -OCH3 is 1. The van der Waals surface area contributed by atoms with E-state index in [1.54, 1.807) is 31.4 Å². The van der Waals surface area contributed by atoms with Crippen molar-refractivity contribution >= 4 is 11.9 Å². The van der Waals surface area contributed by atoms with Gasteiger partial charge in [0, 0.05) is 13.7 Å². The molecule has 0 spiro atoms. The van der Waals surface area contributed by atoms with Gasteiger partial charge in [-0.25, -0.2) is 4.79 Å². The molecular weight excluding hydrogens is 274 g/mol. The number of carbonyl (C=O) groups is 2. The lowest BCUT2D eigenvalue weighted by Crippen LogP contribution is -2.41. The third-order valence-corrected chi connectivity index (χ3v) is 2.88. The summed E-state index contributed by atoms with van der Waals surface area (Å²) in [7, 11) is 1.55. The third kappa shape index (κ3) is 5.43. The lowest BCUT2D eigenvalue weighted by atomic mass is 10.1. The minimum absolute atomic E-state index is 0.311. The van der Waals surface area contributed by atoms with Crippen LogP contribution in [0, 0.1) is 0 Å². The predicted molar refractivity (Wildman–Crippen MR) is 77.6 cm³/mol. The molecule has 1 atom stereocenters. The van der Waals surface area contributed by atoms with E-state index in [1.165, 1.54) is 0 Å². The first-order chi connectivity index (χ1) is 10.1. The SMILES string of the molecule is CCOc1ccccc1C(=O)NC(CCCOC)C(=O)O. The van der Waals surface area contributed by atoms with Gasteiger partial charge in [0.25, 0.3) is 5.91 Å². The van der Waals surface area contributed by atoms with E-state index in [2.05, 4.69) is 5.32 Å². The smallest absolute Gasteiger partial charge is 0.326 e. The van der Waals surface area contributed by atoms with Gasteiger partial charge in [-0.2, -0.15) is 0 Å². The van der Waals surface area contributed by atoms with Crippen molar-refractivity contribution in [2.24, 2.45) is 0 Å². The molecule has 1 amide bonds. The van der Waals surface area contributed by atoms with Gasteiger partial charge >= 0.3 is 5.97 Å². The molecule has 2 N–H and O–H groups in total. The number of carbonyl (C=O) groups excluding carboxylic acids is 1. The molecule has 0 saturated carbocycles. The Balaban J connectivity index is 2.75. The van der Waals surface area contributed by atoms with E-state index in [0.29, 0.717) is 37.4 Å². The zero-order valence-electron chi connectivity index (χ0n) is 12.3. The number of hydrogen-bond donors (Lipinski definition) is 2. The monoisotopic (exact) mass is 295 g/mol. The topological polar surface area (TPSA) is 84.9 Å². The average molecular weight is 295 g/mol. The highest BCUT2D eigenvalue weighted by Crippen LogP contribution is 2.18. The zero-order valence-corrected chi connectivity index (χ0v) is 12.3. The van der Waals surface area contributed by atoms with E-state index in [0.717, 1.165) is 0 Å². The summed E-state index contributed by atoms with van der Waals surface area (Å²) in [5, 5.41) is 11.7. The second-order valence-electron chi connectivity index (χ2n) is 4.43. The summed E-state index contributed by atoms with van der Waals surface area (Å²) in [6, 6.07) is 5.81. The number of benzene rings is 1. The van der Waals surface area contributed by atoms with E-state index in [9.17, 15) is 9.59 Å². The van der Waals surface area contributed by atoms with Crippen LogP contribution in [0.1, 0.15) is 30.1 Å². The molecule has 0 aliphatic carbocycles. The molecule has 6 heteroatoms. The number of carboxylic acid groups (broad SMARTS) is 1. The van der Waals surface area contributed by atoms with Gasteiger partial charge in [0.2, 0.25) is 0 Å². The van der Waals surface area contributed by atoms with Crippen molar-refractivity contribution in [2.45, 2.75) is 25.8 Å². The molecule has 0 aliphatic heterocycles. The Hall–Kier alpha value is -2.08. The van der Waals surface area contributed by atoms with Crippen molar-refractivity contribution in [1.29, 1.82) is 0 Å². The number of aliphatic carboxylic acids is 1. The van der Waals surface area contributed by atoms with Crippen LogP contribution in [-0.4, -0.2) is 43.3 Å². The minimum atomic E-state index is -1.06. The van der Waals surface area contributed by atoms with Gasteiger partial charge in [-0.1, -0.05) is 12.1 Å². The van der Waals surface area contributed by atoms with Crippen LogP contribution in [0.2, 0.25) is 0 Å². The van der Waals surface area contributed by atoms with Gasteiger partial charge in [0.1, 0.15) is 11.8 Å². The van der Waals surface area contributed by atoms with Crippen LogP contribution in [0.5, 0.6) is 5.75 Å². The molecule has 6 nitrogen and oxygen atoms in total. The Morgan fingerprint density at radius 3 is 2.67 bits per heavy atom. The molecule has 1 aromatic carbocycles. The average Bonchev–Trinajstić information content (AvgIpc) is 2.47. The van der Waals surface area contributed by atoms with Crippen molar-refractivity contribution < 1.29 is 24.2 Å². The van der Waals surface area contributed by atoms with Crippen molar-refractivity contribution in [3.8, 4) is 5.75 Å². The Morgan fingerprint density at radius 2 is 2.05 bits per heavy atom. The van der Waals surface area contributed by atoms with Crippen LogP contribution in [0.4, 0.5) is 0 Å². The van der Waals surface area contributed by atoms with E-state index in [4.69, 9.17) is 14.6 Å². The first kappa shape index (κ1) is 17.0. The van der Waals surface area contributed by atoms with Crippen molar-refractivity contribution in [3.05, 3.63) is 29.8 Å². The van der Waals surface area contributed by atoms with Crippen LogP contribution < -0.4 is 10.1 Å². The fourth-order valence-corrected chi connectivity index (χ4v) is 1.86. The quantitative estimate of drug-likeness (QED) is 0.677. The molecular formula is C15H21NO5. The van der Waals surface area contributed by atoms with E-state index in [1.807, 2.05) is 6.92 Å². The molecule has 0 heterocycles. The second-order valence-corrected chi connectivity index (χ2v) is 4.43. The van der Waals surface area contributed by atoms with Gasteiger partial charge < -0.3 is 19.9 Å². The molecule has 1 unspecified atom stereocenters. The number of amides is 1. The van der Waals surface area contributed by atoms with Crippen molar-refractivity contribution in [3.63, 3.8) is 0 Å². The first-order valence-corrected chi connectivity index (χ1v) is 6.84. The summed E-state index contributed by atoms with van der Waals surface area (Å²) >= 11 is 0. The largest absolute Gasteiger partial charge is 0.493 e. The Labute approximate surface area is 124 Å². The highest BCUT2D eigenvalue weighted by molar-refractivity contribution is 5.98. The molecule has 21 heavy (non-hydrogen) atoms. The molecule has 116 valence electrons. The Morgan fingerprint density at radius 1 is 1.33 bits per heavy atom. The molecule has 0 bridgehead atoms. The summed E-state index contributed by atoms with van der Waals surface area (Å²) in [4.78, 5) is 23.4. The molecule has 0 aromatic heterocycles. The fraction of sp³-hybridized carbons (Fsp3) is 0.467. The lowest BCUT2D eigenvalue weighted by molar-refractivity contribution is -0.139. The summed E-state index contributed by atoms with van der Waals surface area (Å²) < 4.78 is 10.3. The molecule has 0 aliphatic rings. The van der Waals surface area contributed by atoms with Gasteiger partial charge in [-0.15, -0.1) is 0 Å². The van der Waals surface area contributed by atoms with Crippen LogP contribution >= 0.6 is 0 Å². The summed E-state index contributed by atoms with van der Waals surface area (Å²) in [5.41, 5.74) is 0.331. The predicted octanol–water partition coefficient (Wildman–Crippen LogP) is 1.69. The highest BCUT2D eigenvalue weighted by atomic mass is 16.5. The molecule has 1 rings (SSSR count).